The van der Waals surface area contributed by atoms with E-state index >= 15 is 0 Å². The Kier molecular flexibility index (Phi) is 1.34. The molecular formula is C3H7N2S. The summed E-state index contributed by atoms with van der Waals surface area (Å²) < 4.78 is 0. The molecule has 1 fully saturated rings. The lowest BCUT2D eigenvalue weighted by atomic mass is 10.7. The zero-order chi connectivity index (χ0) is 4.41. The summed E-state index contributed by atoms with van der Waals surface area (Å²) in [6.07, 6.45) is 0. The normalized spacial score (nSPS) is 25.5. The van der Waals surface area contributed by atoms with Gasteiger partial charge in [-0.2, -0.15) is 0 Å². The minimum Gasteiger partial charge on any atom is -0.291 e. The molecule has 1 N–H and O–H groups in total. The second-order valence-electron chi connectivity index (χ2n) is 1.23. The molecule has 0 amide bonds. The number of hydrogen-bond acceptors (Lipinski definition) is 2. The fourth-order valence-electron chi connectivity index (χ4n) is 0.445. The SMILES string of the molecule is SC1[N]CCN1. The Balaban J connectivity index is 2.18. The van der Waals surface area contributed by atoms with Crippen LogP contribution >= 0.6 is 12.6 Å². The van der Waals surface area contributed by atoms with E-state index in [0.29, 0.717) is 0 Å². The van der Waals surface area contributed by atoms with Gasteiger partial charge >= 0.3 is 0 Å². The van der Waals surface area contributed by atoms with E-state index in [1.807, 2.05) is 0 Å². The van der Waals surface area contributed by atoms with Gasteiger partial charge in [0.1, 0.15) is 5.50 Å². The van der Waals surface area contributed by atoms with Gasteiger partial charge in [-0.25, -0.2) is 5.32 Å². The number of nitrogens with zero attached hydrogens (tertiary/aromatic N) is 1. The zero-order valence-corrected chi connectivity index (χ0v) is 4.28. The molecule has 0 aliphatic carbocycles. The maximum Gasteiger partial charge on any atom is 0.118 e. The molecule has 6 heavy (non-hydrogen) atoms. The van der Waals surface area contributed by atoms with Crippen LogP contribution in [-0.4, -0.2) is 18.6 Å². The van der Waals surface area contributed by atoms with Gasteiger partial charge in [-0.15, -0.1) is 12.6 Å². The molecule has 0 bridgehead atoms. The predicted octanol–water partition coefficient (Wildman–Crippen LogP) is -0.593. The number of hydrogen-bond donors (Lipinski definition) is 2. The van der Waals surface area contributed by atoms with Gasteiger partial charge in [-0.1, -0.05) is 0 Å². The molecule has 1 atom stereocenters. The van der Waals surface area contributed by atoms with Crippen molar-refractivity contribution in [2.24, 2.45) is 0 Å². The van der Waals surface area contributed by atoms with E-state index in [4.69, 9.17) is 0 Å². The molecule has 0 saturated carbocycles. The average molecular weight is 103 g/mol. The van der Waals surface area contributed by atoms with Crippen molar-refractivity contribution in [3.05, 3.63) is 0 Å². The first-order valence-corrected chi connectivity index (χ1v) is 2.49. The molecule has 0 aromatic carbocycles. The minimum absolute atomic E-state index is 0.116. The highest BCUT2D eigenvalue weighted by molar-refractivity contribution is 7.80. The highest BCUT2D eigenvalue weighted by Crippen LogP contribution is 1.89. The summed E-state index contributed by atoms with van der Waals surface area (Å²) in [5, 5.41) is 7.01. The Hall–Kier alpha value is 0.270. The van der Waals surface area contributed by atoms with Crippen molar-refractivity contribution in [3.63, 3.8) is 0 Å². The smallest absolute Gasteiger partial charge is 0.118 e. The highest BCUT2D eigenvalue weighted by atomic mass is 32.1. The lowest BCUT2D eigenvalue weighted by molar-refractivity contribution is 0.739. The Morgan fingerprint density at radius 3 is 2.83 bits per heavy atom. The summed E-state index contributed by atoms with van der Waals surface area (Å²) in [7, 11) is 0. The number of rotatable bonds is 0. The zero-order valence-electron chi connectivity index (χ0n) is 3.39. The largest absolute Gasteiger partial charge is 0.291 e. The molecule has 0 aromatic heterocycles. The molecule has 0 spiro atoms. The molecule has 1 aliphatic rings. The van der Waals surface area contributed by atoms with Crippen LogP contribution in [0.4, 0.5) is 0 Å². The molecule has 2 nitrogen and oxygen atoms in total. The molecule has 1 saturated heterocycles. The van der Waals surface area contributed by atoms with Crippen LogP contribution < -0.4 is 10.6 Å². The van der Waals surface area contributed by atoms with Crippen LogP contribution in [0.25, 0.3) is 0 Å². The Labute approximate surface area is 42.7 Å². The molecule has 1 rings (SSSR count). The van der Waals surface area contributed by atoms with E-state index in [0.717, 1.165) is 13.1 Å². The molecule has 1 aliphatic heterocycles. The quantitative estimate of drug-likeness (QED) is 0.394. The fourth-order valence-corrected chi connectivity index (χ4v) is 0.690. The monoisotopic (exact) mass is 103 g/mol. The van der Waals surface area contributed by atoms with Crippen molar-refractivity contribution in [3.8, 4) is 0 Å². The third-order valence-electron chi connectivity index (χ3n) is 0.741. The summed E-state index contributed by atoms with van der Waals surface area (Å²) in [5.74, 6) is 0. The van der Waals surface area contributed by atoms with Crippen molar-refractivity contribution in [1.29, 1.82) is 0 Å². The maximum atomic E-state index is 4.01. The van der Waals surface area contributed by atoms with Gasteiger partial charge in [0.05, 0.1) is 0 Å². The van der Waals surface area contributed by atoms with Crippen LogP contribution in [0.5, 0.6) is 0 Å². The summed E-state index contributed by atoms with van der Waals surface area (Å²) >= 11 is 4.01. The van der Waals surface area contributed by atoms with Crippen molar-refractivity contribution in [2.75, 3.05) is 13.1 Å². The van der Waals surface area contributed by atoms with Gasteiger partial charge in [0.25, 0.3) is 0 Å². The second kappa shape index (κ2) is 1.82. The lowest BCUT2D eigenvalue weighted by Gasteiger charge is -1.93. The van der Waals surface area contributed by atoms with Crippen molar-refractivity contribution < 1.29 is 0 Å². The first-order valence-electron chi connectivity index (χ1n) is 1.97. The number of nitrogens with one attached hydrogen (secondary N) is 1. The van der Waals surface area contributed by atoms with Crippen molar-refractivity contribution >= 4 is 12.6 Å². The van der Waals surface area contributed by atoms with E-state index in [-0.39, 0.29) is 5.50 Å². The third-order valence-corrected chi connectivity index (χ3v) is 1.09. The summed E-state index contributed by atoms with van der Waals surface area (Å²) in [4.78, 5) is 0. The predicted molar refractivity (Wildman–Crippen MR) is 27.8 cm³/mol. The second-order valence-corrected chi connectivity index (χ2v) is 1.72. The van der Waals surface area contributed by atoms with Crippen molar-refractivity contribution in [1.82, 2.24) is 10.6 Å². The first kappa shape index (κ1) is 4.43. The van der Waals surface area contributed by atoms with E-state index in [2.05, 4.69) is 23.3 Å². The highest BCUT2D eigenvalue weighted by Gasteiger charge is 2.06. The van der Waals surface area contributed by atoms with Crippen LogP contribution in [0, 0.1) is 0 Å². The molecule has 3 heteroatoms. The van der Waals surface area contributed by atoms with E-state index in [1.165, 1.54) is 0 Å². The van der Waals surface area contributed by atoms with Crippen LogP contribution in [0.2, 0.25) is 0 Å². The molecule has 0 aromatic rings. The van der Waals surface area contributed by atoms with E-state index in [9.17, 15) is 0 Å². The van der Waals surface area contributed by atoms with Gasteiger partial charge in [0.2, 0.25) is 0 Å². The molecule has 1 heterocycles. The summed E-state index contributed by atoms with van der Waals surface area (Å²) in [5.41, 5.74) is 0.116. The molecule has 1 unspecified atom stereocenters. The van der Waals surface area contributed by atoms with E-state index in [1.54, 1.807) is 0 Å². The average Bonchev–Trinajstić information content (AvgIpc) is 1.86. The first-order chi connectivity index (χ1) is 2.89. The van der Waals surface area contributed by atoms with Gasteiger partial charge in [-0.3, -0.25) is 5.32 Å². The van der Waals surface area contributed by atoms with Crippen LogP contribution in [-0.2, 0) is 0 Å². The summed E-state index contributed by atoms with van der Waals surface area (Å²) in [6, 6.07) is 0. The van der Waals surface area contributed by atoms with Crippen LogP contribution in [0.15, 0.2) is 0 Å². The minimum atomic E-state index is 0.116. The molecular weight excluding hydrogens is 96.1 g/mol. The van der Waals surface area contributed by atoms with Gasteiger partial charge < -0.3 is 0 Å². The maximum absolute atomic E-state index is 4.01. The Morgan fingerprint density at radius 2 is 2.67 bits per heavy atom. The van der Waals surface area contributed by atoms with E-state index < -0.39 is 0 Å². The fraction of sp³-hybridized carbons (Fsp3) is 1.00. The molecule has 1 radical (unpaired) electrons. The van der Waals surface area contributed by atoms with Gasteiger partial charge in [-0.05, 0) is 0 Å². The van der Waals surface area contributed by atoms with Crippen molar-refractivity contribution in [2.45, 2.75) is 5.50 Å². The molecule has 35 valence electrons. The lowest BCUT2D eigenvalue weighted by Crippen LogP contribution is -2.18. The Bertz CT molecular complexity index is 42.1. The van der Waals surface area contributed by atoms with Crippen LogP contribution in [0.1, 0.15) is 0 Å². The standard InChI is InChI=1S/C3H7N2S/c6-3-4-1-2-5-3/h3-4,6H,1-2H2. The van der Waals surface area contributed by atoms with Crippen LogP contribution in [0.3, 0.4) is 0 Å². The topological polar surface area (TPSA) is 26.1 Å². The van der Waals surface area contributed by atoms with Gasteiger partial charge in [0.15, 0.2) is 0 Å². The Morgan fingerprint density at radius 1 is 1.83 bits per heavy atom. The summed E-state index contributed by atoms with van der Waals surface area (Å²) in [6.45, 7) is 1.92. The third kappa shape index (κ3) is 0.864. The van der Waals surface area contributed by atoms with Gasteiger partial charge in [0, 0.05) is 13.1 Å². The number of thiol groups is 1.